The van der Waals surface area contributed by atoms with Crippen molar-refractivity contribution in [1.29, 1.82) is 0 Å². The van der Waals surface area contributed by atoms with Gasteiger partial charge in [0.05, 0.1) is 6.33 Å². The van der Waals surface area contributed by atoms with Crippen LogP contribution in [0.4, 0.5) is 0 Å². The van der Waals surface area contributed by atoms with Crippen molar-refractivity contribution in [3.05, 3.63) is 18.7 Å². The summed E-state index contributed by atoms with van der Waals surface area (Å²) in [5.41, 5.74) is 0. The van der Waals surface area contributed by atoms with Crippen LogP contribution >= 0.6 is 0 Å². The molecule has 1 unspecified atom stereocenters. The van der Waals surface area contributed by atoms with Crippen LogP contribution in [0.3, 0.4) is 0 Å². The van der Waals surface area contributed by atoms with Gasteiger partial charge in [-0.15, -0.1) is 0 Å². The molecular formula is C12H22N4. The van der Waals surface area contributed by atoms with E-state index in [1.54, 1.807) is 0 Å². The molecule has 1 aliphatic heterocycles. The Hall–Kier alpha value is -0.870. The van der Waals surface area contributed by atoms with E-state index in [1.165, 1.54) is 32.5 Å². The van der Waals surface area contributed by atoms with Crippen molar-refractivity contribution in [2.45, 2.75) is 32.4 Å². The minimum absolute atomic E-state index is 0.511. The van der Waals surface area contributed by atoms with Crippen molar-refractivity contribution in [3.63, 3.8) is 0 Å². The topological polar surface area (TPSA) is 33.1 Å². The Morgan fingerprint density at radius 3 is 2.88 bits per heavy atom. The first-order valence-electron chi connectivity index (χ1n) is 6.26. The molecule has 0 aromatic carbocycles. The summed E-state index contributed by atoms with van der Waals surface area (Å²) in [5.74, 6) is 0. The molecule has 1 fully saturated rings. The van der Waals surface area contributed by atoms with E-state index in [-0.39, 0.29) is 0 Å². The van der Waals surface area contributed by atoms with Crippen LogP contribution in [-0.4, -0.2) is 46.7 Å². The van der Waals surface area contributed by atoms with Gasteiger partial charge in [-0.05, 0) is 32.9 Å². The zero-order valence-electron chi connectivity index (χ0n) is 10.1. The van der Waals surface area contributed by atoms with E-state index >= 15 is 0 Å². The second kappa shape index (κ2) is 6.01. The fourth-order valence-corrected chi connectivity index (χ4v) is 2.25. The zero-order chi connectivity index (χ0) is 11.2. The Kier molecular flexibility index (Phi) is 4.36. The molecule has 1 aromatic heterocycles. The summed E-state index contributed by atoms with van der Waals surface area (Å²) >= 11 is 0. The van der Waals surface area contributed by atoms with Crippen molar-refractivity contribution < 1.29 is 0 Å². The van der Waals surface area contributed by atoms with Gasteiger partial charge >= 0.3 is 0 Å². The van der Waals surface area contributed by atoms with Gasteiger partial charge in [-0.1, -0.05) is 0 Å². The van der Waals surface area contributed by atoms with Crippen LogP contribution in [0.25, 0.3) is 0 Å². The van der Waals surface area contributed by atoms with E-state index in [4.69, 9.17) is 0 Å². The summed E-state index contributed by atoms with van der Waals surface area (Å²) in [6.07, 6.45) is 8.48. The number of hydrogen-bond acceptors (Lipinski definition) is 3. The smallest absolute Gasteiger partial charge is 0.0946 e. The second-order valence-corrected chi connectivity index (χ2v) is 4.66. The Morgan fingerprint density at radius 1 is 1.38 bits per heavy atom. The summed E-state index contributed by atoms with van der Waals surface area (Å²) < 4.78 is 2.12. The van der Waals surface area contributed by atoms with Crippen molar-refractivity contribution in [1.82, 2.24) is 19.8 Å². The highest BCUT2D eigenvalue weighted by Crippen LogP contribution is 2.05. The maximum Gasteiger partial charge on any atom is 0.0946 e. The summed E-state index contributed by atoms with van der Waals surface area (Å²) in [4.78, 5) is 6.58. The van der Waals surface area contributed by atoms with E-state index in [0.29, 0.717) is 6.04 Å². The van der Waals surface area contributed by atoms with E-state index in [0.717, 1.165) is 13.1 Å². The lowest BCUT2D eigenvalue weighted by Gasteiger charge is -2.18. The highest BCUT2D eigenvalue weighted by Gasteiger charge is 2.10. The molecule has 4 heteroatoms. The molecule has 1 N–H and O–H groups in total. The monoisotopic (exact) mass is 222 g/mol. The third kappa shape index (κ3) is 3.61. The van der Waals surface area contributed by atoms with Gasteiger partial charge in [0, 0.05) is 38.1 Å². The molecule has 1 aromatic rings. The van der Waals surface area contributed by atoms with Crippen molar-refractivity contribution >= 4 is 0 Å². The largest absolute Gasteiger partial charge is 0.336 e. The number of hydrogen-bond donors (Lipinski definition) is 1. The fraction of sp³-hybridized carbons (Fsp3) is 0.750. The van der Waals surface area contributed by atoms with Gasteiger partial charge in [-0.2, -0.15) is 0 Å². The predicted molar refractivity (Wildman–Crippen MR) is 65.4 cm³/mol. The zero-order valence-corrected chi connectivity index (χ0v) is 10.1. The van der Waals surface area contributed by atoms with Gasteiger partial charge in [0.25, 0.3) is 0 Å². The first-order chi connectivity index (χ1) is 7.84. The molecule has 90 valence electrons. The van der Waals surface area contributed by atoms with E-state index in [2.05, 4.69) is 26.7 Å². The lowest BCUT2D eigenvalue weighted by molar-refractivity contribution is 0.325. The van der Waals surface area contributed by atoms with Crippen molar-refractivity contribution in [2.24, 2.45) is 0 Å². The SMILES string of the molecule is CC(Cn1ccnc1)NCCN1CCCC1. The molecule has 1 atom stereocenters. The molecule has 0 spiro atoms. The minimum atomic E-state index is 0.511. The first kappa shape index (κ1) is 11.6. The Balaban J connectivity index is 1.58. The number of imidazole rings is 1. The summed E-state index contributed by atoms with van der Waals surface area (Å²) in [6.45, 7) is 8.09. The van der Waals surface area contributed by atoms with Crippen LogP contribution in [0.1, 0.15) is 19.8 Å². The van der Waals surface area contributed by atoms with E-state index in [9.17, 15) is 0 Å². The molecule has 4 nitrogen and oxygen atoms in total. The van der Waals surface area contributed by atoms with Crippen LogP contribution in [-0.2, 0) is 6.54 Å². The molecule has 1 aliphatic rings. The van der Waals surface area contributed by atoms with Gasteiger partial charge < -0.3 is 14.8 Å². The first-order valence-corrected chi connectivity index (χ1v) is 6.26. The Morgan fingerprint density at radius 2 is 2.19 bits per heavy atom. The molecule has 0 bridgehead atoms. The van der Waals surface area contributed by atoms with E-state index < -0.39 is 0 Å². The normalized spacial score (nSPS) is 19.1. The van der Waals surface area contributed by atoms with Crippen LogP contribution in [0.15, 0.2) is 18.7 Å². The number of nitrogens with one attached hydrogen (secondary N) is 1. The van der Waals surface area contributed by atoms with Gasteiger partial charge in [0.15, 0.2) is 0 Å². The third-order valence-electron chi connectivity index (χ3n) is 3.16. The molecule has 0 saturated carbocycles. The van der Waals surface area contributed by atoms with Crippen LogP contribution in [0, 0.1) is 0 Å². The third-order valence-corrected chi connectivity index (χ3v) is 3.16. The number of nitrogens with zero attached hydrogens (tertiary/aromatic N) is 3. The minimum Gasteiger partial charge on any atom is -0.336 e. The highest BCUT2D eigenvalue weighted by molar-refractivity contribution is 4.77. The van der Waals surface area contributed by atoms with Crippen LogP contribution in [0.2, 0.25) is 0 Å². The van der Waals surface area contributed by atoms with Crippen LogP contribution < -0.4 is 5.32 Å². The molecular weight excluding hydrogens is 200 g/mol. The maximum absolute atomic E-state index is 4.05. The quantitative estimate of drug-likeness (QED) is 0.778. The average molecular weight is 222 g/mol. The lowest BCUT2D eigenvalue weighted by atomic mass is 10.3. The van der Waals surface area contributed by atoms with Gasteiger partial charge in [0.2, 0.25) is 0 Å². The lowest BCUT2D eigenvalue weighted by Crippen LogP contribution is -2.36. The summed E-state index contributed by atoms with van der Waals surface area (Å²) in [5, 5.41) is 3.56. The highest BCUT2D eigenvalue weighted by atomic mass is 15.2. The molecule has 2 rings (SSSR count). The average Bonchev–Trinajstić information content (AvgIpc) is 2.90. The van der Waals surface area contributed by atoms with Crippen molar-refractivity contribution in [3.8, 4) is 0 Å². The van der Waals surface area contributed by atoms with E-state index in [1.807, 2.05) is 18.7 Å². The number of rotatable bonds is 6. The Bertz CT molecular complexity index is 277. The number of aromatic nitrogens is 2. The molecule has 1 saturated heterocycles. The maximum atomic E-state index is 4.05. The predicted octanol–water partition coefficient (Wildman–Crippen LogP) is 0.957. The van der Waals surface area contributed by atoms with Gasteiger partial charge in [-0.3, -0.25) is 0 Å². The standard InChI is InChI=1S/C12H22N4/c1-12(10-16-8-4-13-11-16)14-5-9-15-6-2-3-7-15/h4,8,11-12,14H,2-3,5-7,9-10H2,1H3. The van der Waals surface area contributed by atoms with Gasteiger partial charge in [-0.25, -0.2) is 4.98 Å². The molecule has 0 amide bonds. The molecule has 0 radical (unpaired) electrons. The second-order valence-electron chi connectivity index (χ2n) is 4.66. The van der Waals surface area contributed by atoms with Gasteiger partial charge in [0.1, 0.15) is 0 Å². The molecule has 2 heterocycles. The van der Waals surface area contributed by atoms with Crippen molar-refractivity contribution in [2.75, 3.05) is 26.2 Å². The number of likely N-dealkylation sites (tertiary alicyclic amines) is 1. The van der Waals surface area contributed by atoms with Crippen LogP contribution in [0.5, 0.6) is 0 Å². The summed E-state index contributed by atoms with van der Waals surface area (Å²) in [6, 6.07) is 0.511. The molecule has 16 heavy (non-hydrogen) atoms. The summed E-state index contributed by atoms with van der Waals surface area (Å²) in [7, 11) is 0. The molecule has 0 aliphatic carbocycles. The fourth-order valence-electron chi connectivity index (χ4n) is 2.25. The Labute approximate surface area is 97.7 Å².